The Morgan fingerprint density at radius 2 is 2.00 bits per heavy atom. The molecular formula is C18H18N2O2. The van der Waals surface area contributed by atoms with Crippen molar-refractivity contribution >= 4 is 16.8 Å². The first-order valence-electron chi connectivity index (χ1n) is 7.39. The van der Waals surface area contributed by atoms with Gasteiger partial charge in [0.05, 0.1) is 11.0 Å². The van der Waals surface area contributed by atoms with Crippen LogP contribution in [-0.4, -0.2) is 27.0 Å². The zero-order chi connectivity index (χ0) is 15.5. The van der Waals surface area contributed by atoms with Crippen LogP contribution in [0, 0.1) is 0 Å². The molecule has 1 aromatic heterocycles. The van der Waals surface area contributed by atoms with Gasteiger partial charge in [-0.15, -0.1) is 0 Å². The topological polar surface area (TPSA) is 55.1 Å². The number of Topliss-reactive ketones (excluding diaryl/α,β-unsaturated/α-hetero) is 1. The molecule has 0 radical (unpaired) electrons. The van der Waals surface area contributed by atoms with Crippen molar-refractivity contribution in [2.75, 3.05) is 6.61 Å². The minimum absolute atomic E-state index is 0.0446. The van der Waals surface area contributed by atoms with Gasteiger partial charge in [-0.25, -0.2) is 4.98 Å². The van der Waals surface area contributed by atoms with E-state index in [9.17, 15) is 4.79 Å². The molecule has 1 heterocycles. The number of aryl methyl sites for hydroxylation is 1. The Kier molecular flexibility index (Phi) is 4.02. The second kappa shape index (κ2) is 6.12. The third-order valence-electron chi connectivity index (χ3n) is 3.70. The fourth-order valence-electron chi connectivity index (χ4n) is 2.63. The predicted octanol–water partition coefficient (Wildman–Crippen LogP) is 3.15. The number of benzene rings is 2. The molecule has 22 heavy (non-hydrogen) atoms. The number of carbonyl (C=O) groups is 1. The molecule has 0 unspecified atom stereocenters. The smallest absolute Gasteiger partial charge is 0.159 e. The van der Waals surface area contributed by atoms with Crippen LogP contribution in [0.1, 0.15) is 29.5 Å². The maximum atomic E-state index is 11.6. The van der Waals surface area contributed by atoms with Crippen LogP contribution in [0.15, 0.2) is 48.5 Å². The van der Waals surface area contributed by atoms with E-state index in [-0.39, 0.29) is 12.4 Å². The lowest BCUT2D eigenvalue weighted by Crippen LogP contribution is -2.04. The van der Waals surface area contributed by atoms with Gasteiger partial charge >= 0.3 is 0 Å². The number of para-hydroxylation sites is 2. The van der Waals surface area contributed by atoms with Gasteiger partial charge in [-0.1, -0.05) is 24.3 Å². The van der Waals surface area contributed by atoms with Crippen LogP contribution in [-0.2, 0) is 6.42 Å². The van der Waals surface area contributed by atoms with E-state index in [1.165, 1.54) is 0 Å². The number of aliphatic hydroxyl groups is 1. The highest BCUT2D eigenvalue weighted by Gasteiger charge is 2.12. The Morgan fingerprint density at radius 1 is 1.18 bits per heavy atom. The van der Waals surface area contributed by atoms with Crippen LogP contribution in [0.25, 0.3) is 16.7 Å². The largest absolute Gasteiger partial charge is 0.396 e. The number of imidazole rings is 1. The first-order chi connectivity index (χ1) is 10.7. The summed E-state index contributed by atoms with van der Waals surface area (Å²) in [6.45, 7) is 1.70. The Balaban J connectivity index is 2.19. The summed E-state index contributed by atoms with van der Waals surface area (Å²) in [6.07, 6.45) is 1.35. The van der Waals surface area contributed by atoms with Crippen molar-refractivity contribution in [1.29, 1.82) is 0 Å². The van der Waals surface area contributed by atoms with Crippen molar-refractivity contribution in [3.05, 3.63) is 59.9 Å². The van der Waals surface area contributed by atoms with Crippen LogP contribution in [0.5, 0.6) is 0 Å². The number of nitrogens with zero attached hydrogens (tertiary/aromatic N) is 2. The molecule has 0 aliphatic heterocycles. The SMILES string of the molecule is CC(=O)c1cccc(-n2c(CCCO)nc3ccccc32)c1. The summed E-state index contributed by atoms with van der Waals surface area (Å²) in [5.41, 5.74) is 3.54. The quantitative estimate of drug-likeness (QED) is 0.735. The Bertz CT molecular complexity index is 821. The van der Waals surface area contributed by atoms with E-state index in [4.69, 9.17) is 5.11 Å². The van der Waals surface area contributed by atoms with E-state index in [1.54, 1.807) is 6.92 Å². The number of aromatic nitrogens is 2. The van der Waals surface area contributed by atoms with Gasteiger partial charge in [0.15, 0.2) is 5.78 Å². The van der Waals surface area contributed by atoms with Gasteiger partial charge in [0.2, 0.25) is 0 Å². The zero-order valence-corrected chi connectivity index (χ0v) is 12.5. The molecule has 0 spiro atoms. The van der Waals surface area contributed by atoms with Gasteiger partial charge in [0.25, 0.3) is 0 Å². The molecule has 0 bridgehead atoms. The molecule has 0 saturated heterocycles. The molecule has 0 amide bonds. The third-order valence-corrected chi connectivity index (χ3v) is 3.70. The molecule has 1 N–H and O–H groups in total. The molecule has 0 aliphatic rings. The first-order valence-corrected chi connectivity index (χ1v) is 7.39. The molecule has 0 aliphatic carbocycles. The molecule has 0 fully saturated rings. The van der Waals surface area contributed by atoms with Crippen LogP contribution >= 0.6 is 0 Å². The molecule has 112 valence electrons. The van der Waals surface area contributed by atoms with Crippen LogP contribution in [0.4, 0.5) is 0 Å². The first kappa shape index (κ1) is 14.5. The number of aliphatic hydroxyl groups excluding tert-OH is 1. The van der Waals surface area contributed by atoms with Crippen molar-refractivity contribution in [3.8, 4) is 5.69 Å². The highest BCUT2D eigenvalue weighted by Crippen LogP contribution is 2.23. The van der Waals surface area contributed by atoms with Crippen molar-refractivity contribution in [3.63, 3.8) is 0 Å². The fraction of sp³-hybridized carbons (Fsp3) is 0.222. The van der Waals surface area contributed by atoms with Crippen molar-refractivity contribution < 1.29 is 9.90 Å². The van der Waals surface area contributed by atoms with Gasteiger partial charge in [-0.2, -0.15) is 0 Å². The van der Waals surface area contributed by atoms with E-state index in [1.807, 2.05) is 48.5 Å². The summed E-state index contributed by atoms with van der Waals surface area (Å²) in [5.74, 6) is 0.944. The highest BCUT2D eigenvalue weighted by molar-refractivity contribution is 5.94. The van der Waals surface area contributed by atoms with Gasteiger partial charge in [-0.05, 0) is 37.6 Å². The van der Waals surface area contributed by atoms with E-state index in [0.29, 0.717) is 18.4 Å². The number of hydrogen-bond donors (Lipinski definition) is 1. The van der Waals surface area contributed by atoms with Crippen molar-refractivity contribution in [2.24, 2.45) is 0 Å². The van der Waals surface area contributed by atoms with Gasteiger partial charge in [0.1, 0.15) is 5.82 Å². The van der Waals surface area contributed by atoms with E-state index in [0.717, 1.165) is 22.5 Å². The number of rotatable bonds is 5. The fourth-order valence-corrected chi connectivity index (χ4v) is 2.63. The van der Waals surface area contributed by atoms with Crippen molar-refractivity contribution in [1.82, 2.24) is 9.55 Å². The average molecular weight is 294 g/mol. The van der Waals surface area contributed by atoms with Crippen LogP contribution in [0.3, 0.4) is 0 Å². The Labute approximate surface area is 129 Å². The van der Waals surface area contributed by atoms with E-state index in [2.05, 4.69) is 9.55 Å². The second-order valence-electron chi connectivity index (χ2n) is 5.29. The molecule has 3 rings (SSSR count). The summed E-state index contributed by atoms with van der Waals surface area (Å²) >= 11 is 0. The van der Waals surface area contributed by atoms with Crippen LogP contribution < -0.4 is 0 Å². The number of carbonyl (C=O) groups excluding carboxylic acids is 1. The van der Waals surface area contributed by atoms with E-state index >= 15 is 0 Å². The monoisotopic (exact) mass is 294 g/mol. The molecule has 0 atom stereocenters. The third kappa shape index (κ3) is 2.65. The lowest BCUT2D eigenvalue weighted by Gasteiger charge is -2.10. The predicted molar refractivity (Wildman–Crippen MR) is 86.5 cm³/mol. The summed E-state index contributed by atoms with van der Waals surface area (Å²) in [4.78, 5) is 16.3. The molecule has 4 heteroatoms. The van der Waals surface area contributed by atoms with Gasteiger partial charge < -0.3 is 5.11 Å². The van der Waals surface area contributed by atoms with Crippen molar-refractivity contribution in [2.45, 2.75) is 19.8 Å². The number of fused-ring (bicyclic) bond motifs is 1. The second-order valence-corrected chi connectivity index (χ2v) is 5.29. The molecule has 3 aromatic rings. The molecule has 4 nitrogen and oxygen atoms in total. The highest BCUT2D eigenvalue weighted by atomic mass is 16.2. The maximum Gasteiger partial charge on any atom is 0.159 e. The maximum absolute atomic E-state index is 11.6. The number of ketones is 1. The Morgan fingerprint density at radius 3 is 2.77 bits per heavy atom. The molecule has 2 aromatic carbocycles. The lowest BCUT2D eigenvalue weighted by atomic mass is 10.1. The van der Waals surface area contributed by atoms with Crippen LogP contribution in [0.2, 0.25) is 0 Å². The van der Waals surface area contributed by atoms with Gasteiger partial charge in [-0.3, -0.25) is 9.36 Å². The molecule has 0 saturated carbocycles. The minimum atomic E-state index is 0.0446. The summed E-state index contributed by atoms with van der Waals surface area (Å²) < 4.78 is 2.07. The van der Waals surface area contributed by atoms with Gasteiger partial charge in [0, 0.05) is 24.3 Å². The van der Waals surface area contributed by atoms with E-state index < -0.39 is 0 Å². The Hall–Kier alpha value is -2.46. The summed E-state index contributed by atoms with van der Waals surface area (Å²) in [5, 5.41) is 9.10. The standard InChI is InChI=1S/C18H18N2O2/c1-13(22)14-6-4-7-15(12-14)20-17-9-3-2-8-16(17)19-18(20)10-5-11-21/h2-4,6-9,12,21H,5,10-11H2,1H3. The molecular weight excluding hydrogens is 276 g/mol. The minimum Gasteiger partial charge on any atom is -0.396 e. The zero-order valence-electron chi connectivity index (χ0n) is 12.5. The lowest BCUT2D eigenvalue weighted by molar-refractivity contribution is 0.101. The summed E-state index contributed by atoms with van der Waals surface area (Å²) in [6, 6.07) is 15.5. The summed E-state index contributed by atoms with van der Waals surface area (Å²) in [7, 11) is 0. The number of hydrogen-bond acceptors (Lipinski definition) is 3. The normalized spacial score (nSPS) is 11.0. The average Bonchev–Trinajstić information content (AvgIpc) is 2.91.